The predicted octanol–water partition coefficient (Wildman–Crippen LogP) is 2.65. The molecular formula is C19H25N3O4. The SMILES string of the molecule is CCCc1c(C(=O)Nc2ccc(OCCN)cc2)[nH]c(C)c1C(=O)OC. The van der Waals surface area contributed by atoms with Crippen LogP contribution >= 0.6 is 0 Å². The van der Waals surface area contributed by atoms with Gasteiger partial charge in [0.1, 0.15) is 18.1 Å². The Morgan fingerprint density at radius 3 is 2.50 bits per heavy atom. The Morgan fingerprint density at radius 1 is 1.23 bits per heavy atom. The van der Waals surface area contributed by atoms with Crippen LogP contribution in [0.4, 0.5) is 5.69 Å². The highest BCUT2D eigenvalue weighted by atomic mass is 16.5. The number of carbonyl (C=O) groups is 2. The van der Waals surface area contributed by atoms with Gasteiger partial charge in [-0.25, -0.2) is 4.79 Å². The van der Waals surface area contributed by atoms with Gasteiger partial charge in [0.15, 0.2) is 0 Å². The number of methoxy groups -OCH3 is 1. The Labute approximate surface area is 152 Å². The second-order valence-corrected chi connectivity index (χ2v) is 5.84. The first kappa shape index (κ1) is 19.5. The maximum Gasteiger partial charge on any atom is 0.339 e. The van der Waals surface area contributed by atoms with Crippen LogP contribution in [-0.2, 0) is 11.2 Å². The second kappa shape index (κ2) is 9.05. The summed E-state index contributed by atoms with van der Waals surface area (Å²) in [5.41, 5.74) is 8.15. The average Bonchev–Trinajstić information content (AvgIpc) is 2.97. The van der Waals surface area contributed by atoms with Gasteiger partial charge in [-0.05, 0) is 43.2 Å². The molecule has 0 saturated heterocycles. The molecule has 1 aromatic heterocycles. The summed E-state index contributed by atoms with van der Waals surface area (Å²) in [4.78, 5) is 27.8. The third-order valence-electron chi connectivity index (χ3n) is 3.91. The van der Waals surface area contributed by atoms with E-state index in [1.807, 2.05) is 6.92 Å². The van der Waals surface area contributed by atoms with E-state index in [0.717, 1.165) is 6.42 Å². The topological polar surface area (TPSA) is 106 Å². The quantitative estimate of drug-likeness (QED) is 0.628. The molecule has 0 spiro atoms. The van der Waals surface area contributed by atoms with Gasteiger partial charge in [-0.2, -0.15) is 0 Å². The lowest BCUT2D eigenvalue weighted by Gasteiger charge is -2.09. The first-order chi connectivity index (χ1) is 12.5. The van der Waals surface area contributed by atoms with Gasteiger partial charge in [-0.15, -0.1) is 0 Å². The number of amides is 1. The molecule has 0 saturated carbocycles. The lowest BCUT2D eigenvalue weighted by Crippen LogP contribution is -2.15. The van der Waals surface area contributed by atoms with E-state index in [-0.39, 0.29) is 5.91 Å². The van der Waals surface area contributed by atoms with Crippen LogP contribution in [0.15, 0.2) is 24.3 Å². The molecule has 1 heterocycles. The van der Waals surface area contributed by atoms with Gasteiger partial charge in [0, 0.05) is 17.9 Å². The van der Waals surface area contributed by atoms with Crippen molar-refractivity contribution in [2.45, 2.75) is 26.7 Å². The highest BCUT2D eigenvalue weighted by molar-refractivity contribution is 6.07. The zero-order valence-electron chi connectivity index (χ0n) is 15.3. The minimum Gasteiger partial charge on any atom is -0.492 e. The van der Waals surface area contributed by atoms with Crippen molar-refractivity contribution in [1.29, 1.82) is 0 Å². The zero-order chi connectivity index (χ0) is 19.1. The minimum absolute atomic E-state index is 0.303. The summed E-state index contributed by atoms with van der Waals surface area (Å²) >= 11 is 0. The van der Waals surface area contributed by atoms with Gasteiger partial charge in [0.05, 0.1) is 12.7 Å². The monoisotopic (exact) mass is 359 g/mol. The van der Waals surface area contributed by atoms with Crippen LogP contribution in [0, 0.1) is 6.92 Å². The number of ether oxygens (including phenoxy) is 2. The van der Waals surface area contributed by atoms with Crippen LogP contribution in [0.5, 0.6) is 5.75 Å². The molecule has 0 aliphatic heterocycles. The van der Waals surface area contributed by atoms with Crippen LogP contribution in [0.3, 0.4) is 0 Å². The number of carbonyl (C=O) groups excluding carboxylic acids is 2. The number of aromatic amines is 1. The van der Waals surface area contributed by atoms with Crippen LogP contribution in [-0.4, -0.2) is 37.1 Å². The standard InChI is InChI=1S/C19H25N3O4/c1-4-5-15-16(19(24)25-3)12(2)21-17(15)18(23)22-13-6-8-14(9-7-13)26-11-10-20/h6-9,21H,4-5,10-11,20H2,1-3H3,(H,22,23). The van der Waals surface area contributed by atoms with Crippen molar-refractivity contribution in [1.82, 2.24) is 4.98 Å². The second-order valence-electron chi connectivity index (χ2n) is 5.84. The Bertz CT molecular complexity index is 766. The summed E-state index contributed by atoms with van der Waals surface area (Å²) in [7, 11) is 1.33. The number of benzene rings is 1. The van der Waals surface area contributed by atoms with E-state index < -0.39 is 5.97 Å². The Kier molecular flexibility index (Phi) is 6.80. The fraction of sp³-hybridized carbons (Fsp3) is 0.368. The van der Waals surface area contributed by atoms with Crippen molar-refractivity contribution in [3.05, 3.63) is 46.8 Å². The molecule has 0 radical (unpaired) electrons. The first-order valence-corrected chi connectivity index (χ1v) is 8.55. The van der Waals surface area contributed by atoms with E-state index in [4.69, 9.17) is 15.2 Å². The third-order valence-corrected chi connectivity index (χ3v) is 3.91. The molecular weight excluding hydrogens is 334 g/mol. The van der Waals surface area contributed by atoms with Gasteiger partial charge in [0.25, 0.3) is 5.91 Å². The number of aryl methyl sites for hydroxylation is 1. The number of hydrogen-bond donors (Lipinski definition) is 3. The number of nitrogens with two attached hydrogens (primary N) is 1. The fourth-order valence-corrected chi connectivity index (χ4v) is 2.75. The van der Waals surface area contributed by atoms with E-state index in [1.54, 1.807) is 31.2 Å². The summed E-state index contributed by atoms with van der Waals surface area (Å²) < 4.78 is 10.3. The molecule has 4 N–H and O–H groups in total. The van der Waals surface area contributed by atoms with Crippen molar-refractivity contribution >= 4 is 17.6 Å². The number of anilines is 1. The zero-order valence-corrected chi connectivity index (χ0v) is 15.3. The van der Waals surface area contributed by atoms with Gasteiger partial charge < -0.3 is 25.5 Å². The van der Waals surface area contributed by atoms with E-state index in [2.05, 4.69) is 10.3 Å². The molecule has 26 heavy (non-hydrogen) atoms. The molecule has 0 aliphatic carbocycles. The van der Waals surface area contributed by atoms with E-state index in [1.165, 1.54) is 7.11 Å². The van der Waals surface area contributed by atoms with Crippen molar-refractivity contribution in [3.8, 4) is 5.75 Å². The van der Waals surface area contributed by atoms with Crippen LogP contribution in [0.1, 0.15) is 45.4 Å². The smallest absolute Gasteiger partial charge is 0.339 e. The molecule has 0 bridgehead atoms. The van der Waals surface area contributed by atoms with Crippen LogP contribution in [0.25, 0.3) is 0 Å². The van der Waals surface area contributed by atoms with Crippen LogP contribution < -0.4 is 15.8 Å². The maximum atomic E-state index is 12.7. The molecule has 0 aliphatic rings. The highest BCUT2D eigenvalue weighted by Crippen LogP contribution is 2.23. The number of nitrogens with one attached hydrogen (secondary N) is 2. The van der Waals surface area contributed by atoms with E-state index >= 15 is 0 Å². The minimum atomic E-state index is -0.442. The van der Waals surface area contributed by atoms with Gasteiger partial charge in [0.2, 0.25) is 0 Å². The van der Waals surface area contributed by atoms with Crippen molar-refractivity contribution in [3.63, 3.8) is 0 Å². The van der Waals surface area contributed by atoms with Gasteiger partial charge >= 0.3 is 5.97 Å². The lowest BCUT2D eigenvalue weighted by atomic mass is 10.0. The van der Waals surface area contributed by atoms with Gasteiger partial charge in [-0.3, -0.25) is 4.79 Å². The Morgan fingerprint density at radius 2 is 1.92 bits per heavy atom. The summed E-state index contributed by atoms with van der Waals surface area (Å²) in [5, 5.41) is 2.84. The average molecular weight is 359 g/mol. The van der Waals surface area contributed by atoms with Crippen molar-refractivity contribution < 1.29 is 19.1 Å². The number of rotatable bonds is 8. The summed E-state index contributed by atoms with van der Waals surface area (Å²) in [6.07, 6.45) is 1.40. The van der Waals surface area contributed by atoms with Crippen molar-refractivity contribution in [2.75, 3.05) is 25.6 Å². The normalized spacial score (nSPS) is 10.5. The molecule has 2 aromatic rings. The largest absolute Gasteiger partial charge is 0.492 e. The molecule has 2 rings (SSSR count). The predicted molar refractivity (Wildman–Crippen MR) is 99.8 cm³/mol. The molecule has 0 atom stereocenters. The Balaban J connectivity index is 2.22. The number of hydrogen-bond acceptors (Lipinski definition) is 5. The molecule has 1 amide bonds. The number of H-pyrrole nitrogens is 1. The van der Waals surface area contributed by atoms with Gasteiger partial charge in [-0.1, -0.05) is 13.3 Å². The summed E-state index contributed by atoms with van der Waals surface area (Å²) in [6.45, 7) is 4.62. The van der Waals surface area contributed by atoms with Crippen LogP contribution in [0.2, 0.25) is 0 Å². The molecule has 0 fully saturated rings. The first-order valence-electron chi connectivity index (χ1n) is 8.55. The molecule has 7 nitrogen and oxygen atoms in total. The van der Waals surface area contributed by atoms with E-state index in [9.17, 15) is 9.59 Å². The molecule has 0 unspecified atom stereocenters. The molecule has 1 aromatic carbocycles. The number of aromatic nitrogens is 1. The van der Waals surface area contributed by atoms with Crippen molar-refractivity contribution in [2.24, 2.45) is 5.73 Å². The third kappa shape index (κ3) is 4.43. The highest BCUT2D eigenvalue weighted by Gasteiger charge is 2.24. The number of esters is 1. The maximum absolute atomic E-state index is 12.7. The molecule has 140 valence electrons. The van der Waals surface area contributed by atoms with E-state index in [0.29, 0.717) is 53.5 Å². The summed E-state index contributed by atoms with van der Waals surface area (Å²) in [5.74, 6) is -0.0613. The summed E-state index contributed by atoms with van der Waals surface area (Å²) in [6, 6.07) is 7.02. The Hall–Kier alpha value is -2.80. The molecule has 7 heteroatoms. The lowest BCUT2D eigenvalue weighted by molar-refractivity contribution is 0.0599. The fourth-order valence-electron chi connectivity index (χ4n) is 2.75.